The smallest absolute Gasteiger partial charge is 0.229 e. The Morgan fingerprint density at radius 1 is 1.20 bits per heavy atom. The number of aromatic amines is 2. The largest absolute Gasteiger partial charge is 0.361 e. The van der Waals surface area contributed by atoms with Gasteiger partial charge in [0.15, 0.2) is 5.82 Å². The molecule has 1 saturated heterocycles. The van der Waals surface area contributed by atoms with E-state index in [4.69, 9.17) is 0 Å². The fourth-order valence-corrected chi connectivity index (χ4v) is 4.10. The molecule has 0 spiro atoms. The third kappa shape index (κ3) is 3.10. The second-order valence-corrected chi connectivity index (χ2v) is 7.52. The number of fused-ring (bicyclic) bond motifs is 2. The number of nitrogens with zero attached hydrogens (tertiary/aromatic N) is 2. The lowest BCUT2D eigenvalue weighted by molar-refractivity contribution is -0.126. The highest BCUT2D eigenvalue weighted by molar-refractivity contribution is 6.05. The lowest BCUT2D eigenvalue weighted by Crippen LogP contribution is -2.34. The van der Waals surface area contributed by atoms with Crippen LogP contribution in [0.5, 0.6) is 0 Å². The van der Waals surface area contributed by atoms with E-state index >= 15 is 0 Å². The maximum absolute atomic E-state index is 14.2. The molecule has 1 fully saturated rings. The van der Waals surface area contributed by atoms with Gasteiger partial charge in [0.2, 0.25) is 11.8 Å². The number of hydrogen-bond acceptors (Lipinski definition) is 3. The molecule has 30 heavy (non-hydrogen) atoms. The number of rotatable bonds is 5. The highest BCUT2D eigenvalue weighted by Crippen LogP contribution is 2.31. The number of aromatic nitrogens is 3. The lowest BCUT2D eigenvalue weighted by atomic mass is 10.1. The van der Waals surface area contributed by atoms with Gasteiger partial charge in [0, 0.05) is 36.6 Å². The van der Waals surface area contributed by atoms with E-state index in [9.17, 15) is 14.0 Å². The number of amides is 2. The Kier molecular flexibility index (Phi) is 4.46. The summed E-state index contributed by atoms with van der Waals surface area (Å²) in [5, 5.41) is 11.2. The molecule has 2 amide bonds. The van der Waals surface area contributed by atoms with Crippen LogP contribution < -0.4 is 10.2 Å². The van der Waals surface area contributed by atoms with Crippen LogP contribution >= 0.6 is 0 Å². The highest BCUT2D eigenvalue weighted by Gasteiger charge is 2.37. The fourth-order valence-electron chi connectivity index (χ4n) is 4.10. The molecule has 2 aromatic heterocycles. The van der Waals surface area contributed by atoms with Gasteiger partial charge in [-0.25, -0.2) is 4.39 Å². The minimum atomic E-state index is -0.487. The minimum absolute atomic E-state index is 0.0850. The maximum atomic E-state index is 14.2. The molecule has 4 aromatic rings. The molecule has 0 bridgehead atoms. The van der Waals surface area contributed by atoms with Crippen LogP contribution in [0.4, 0.5) is 10.2 Å². The molecule has 2 aromatic carbocycles. The van der Waals surface area contributed by atoms with Gasteiger partial charge in [0.05, 0.1) is 16.8 Å². The molecule has 3 N–H and O–H groups in total. The monoisotopic (exact) mass is 405 g/mol. The third-order valence-corrected chi connectivity index (χ3v) is 5.64. The fraction of sp³-hybridized carbons (Fsp3) is 0.227. The van der Waals surface area contributed by atoms with E-state index in [1.54, 1.807) is 12.1 Å². The van der Waals surface area contributed by atoms with Gasteiger partial charge in [-0.2, -0.15) is 5.10 Å². The normalized spacial score (nSPS) is 16.6. The number of anilines is 1. The average Bonchev–Trinajstić information content (AvgIpc) is 3.45. The van der Waals surface area contributed by atoms with E-state index in [0.29, 0.717) is 18.5 Å². The molecule has 0 radical (unpaired) electrons. The summed E-state index contributed by atoms with van der Waals surface area (Å²) in [6.45, 7) is 0.664. The minimum Gasteiger partial charge on any atom is -0.361 e. The second kappa shape index (κ2) is 7.29. The molecule has 0 aliphatic carbocycles. The zero-order chi connectivity index (χ0) is 20.7. The Labute approximate surface area is 171 Å². The van der Waals surface area contributed by atoms with Crippen molar-refractivity contribution in [2.75, 3.05) is 18.0 Å². The number of carbonyl (C=O) groups is 2. The molecule has 1 unspecified atom stereocenters. The standard InChI is InChI=1S/C22H20FN5O2/c23-16-5-3-7-18-20(16)21(27-26-18)28-12-14(10-19(28)29)22(30)24-9-8-13-11-25-17-6-2-1-4-15(13)17/h1-7,11,14,25H,8-10,12H2,(H,24,30)(H,26,27). The van der Waals surface area contributed by atoms with Crippen molar-refractivity contribution in [1.29, 1.82) is 0 Å². The molecule has 1 aliphatic rings. The SMILES string of the molecule is O=C(NCCc1c[nH]c2ccccc12)C1CC(=O)N(c2n[nH]c3cccc(F)c23)C1. The van der Waals surface area contributed by atoms with Crippen LogP contribution in [0.2, 0.25) is 0 Å². The summed E-state index contributed by atoms with van der Waals surface area (Å²) < 4.78 is 14.2. The summed E-state index contributed by atoms with van der Waals surface area (Å²) in [5.41, 5.74) is 2.72. The van der Waals surface area contributed by atoms with E-state index in [-0.39, 0.29) is 36.0 Å². The number of halogens is 1. The van der Waals surface area contributed by atoms with Crippen molar-refractivity contribution in [3.8, 4) is 0 Å². The van der Waals surface area contributed by atoms with Gasteiger partial charge in [0.25, 0.3) is 0 Å². The van der Waals surface area contributed by atoms with Crippen molar-refractivity contribution >= 4 is 39.4 Å². The van der Waals surface area contributed by atoms with E-state index < -0.39 is 11.7 Å². The summed E-state index contributed by atoms with van der Waals surface area (Å²) in [7, 11) is 0. The predicted octanol–water partition coefficient (Wildman–Crippen LogP) is 2.90. The van der Waals surface area contributed by atoms with Gasteiger partial charge in [-0.05, 0) is 30.2 Å². The van der Waals surface area contributed by atoms with Gasteiger partial charge in [-0.15, -0.1) is 0 Å². The number of hydrogen-bond donors (Lipinski definition) is 3. The number of nitrogens with one attached hydrogen (secondary N) is 3. The molecule has 8 heteroatoms. The van der Waals surface area contributed by atoms with Crippen LogP contribution in [0.1, 0.15) is 12.0 Å². The molecule has 1 aliphatic heterocycles. The van der Waals surface area contributed by atoms with Crippen LogP contribution in [0.25, 0.3) is 21.8 Å². The number of carbonyl (C=O) groups excluding carboxylic acids is 2. The highest BCUT2D eigenvalue weighted by atomic mass is 19.1. The first-order chi connectivity index (χ1) is 14.6. The van der Waals surface area contributed by atoms with E-state index in [2.05, 4.69) is 20.5 Å². The molecular weight excluding hydrogens is 385 g/mol. The van der Waals surface area contributed by atoms with Crippen LogP contribution in [-0.4, -0.2) is 40.1 Å². The van der Waals surface area contributed by atoms with Gasteiger partial charge < -0.3 is 10.3 Å². The van der Waals surface area contributed by atoms with Crippen molar-refractivity contribution in [2.24, 2.45) is 5.92 Å². The molecule has 7 nitrogen and oxygen atoms in total. The Bertz CT molecular complexity index is 1260. The van der Waals surface area contributed by atoms with Crippen molar-refractivity contribution in [1.82, 2.24) is 20.5 Å². The third-order valence-electron chi connectivity index (χ3n) is 5.64. The molecule has 152 valence electrons. The first-order valence-electron chi connectivity index (χ1n) is 9.87. The first-order valence-corrected chi connectivity index (χ1v) is 9.87. The van der Waals surface area contributed by atoms with E-state index in [1.807, 2.05) is 30.5 Å². The van der Waals surface area contributed by atoms with Gasteiger partial charge in [-0.3, -0.25) is 19.6 Å². The zero-order valence-electron chi connectivity index (χ0n) is 16.1. The molecule has 5 rings (SSSR count). The Hall–Kier alpha value is -3.68. The molecule has 1 atom stereocenters. The summed E-state index contributed by atoms with van der Waals surface area (Å²) in [6, 6.07) is 12.6. The van der Waals surface area contributed by atoms with Crippen molar-refractivity contribution in [3.05, 3.63) is 60.0 Å². The van der Waals surface area contributed by atoms with Crippen molar-refractivity contribution < 1.29 is 14.0 Å². The Morgan fingerprint density at radius 2 is 2.03 bits per heavy atom. The van der Waals surface area contributed by atoms with Crippen LogP contribution in [-0.2, 0) is 16.0 Å². The summed E-state index contributed by atoms with van der Waals surface area (Å²) in [6.07, 6.45) is 2.73. The van der Waals surface area contributed by atoms with Crippen molar-refractivity contribution in [3.63, 3.8) is 0 Å². The first kappa shape index (κ1) is 18.4. The summed E-state index contributed by atoms with van der Waals surface area (Å²) >= 11 is 0. The topological polar surface area (TPSA) is 93.9 Å². The van der Waals surface area contributed by atoms with Crippen LogP contribution in [0, 0.1) is 11.7 Å². The number of H-pyrrole nitrogens is 2. The molecule has 0 saturated carbocycles. The lowest BCUT2D eigenvalue weighted by Gasteiger charge is -2.14. The second-order valence-electron chi connectivity index (χ2n) is 7.52. The average molecular weight is 405 g/mol. The van der Waals surface area contributed by atoms with E-state index in [1.165, 1.54) is 11.0 Å². The van der Waals surface area contributed by atoms with Crippen LogP contribution in [0.15, 0.2) is 48.7 Å². The van der Waals surface area contributed by atoms with Gasteiger partial charge in [-0.1, -0.05) is 24.3 Å². The van der Waals surface area contributed by atoms with Gasteiger partial charge in [0.1, 0.15) is 5.82 Å². The molecule has 3 heterocycles. The number of para-hydroxylation sites is 1. The van der Waals surface area contributed by atoms with Gasteiger partial charge >= 0.3 is 0 Å². The summed E-state index contributed by atoms with van der Waals surface area (Å²) in [5.74, 6) is -1.11. The maximum Gasteiger partial charge on any atom is 0.229 e. The Morgan fingerprint density at radius 3 is 2.93 bits per heavy atom. The zero-order valence-corrected chi connectivity index (χ0v) is 16.1. The quantitative estimate of drug-likeness (QED) is 0.477. The Balaban J connectivity index is 1.24. The van der Waals surface area contributed by atoms with Crippen LogP contribution in [0.3, 0.4) is 0 Å². The van der Waals surface area contributed by atoms with Crippen molar-refractivity contribution in [2.45, 2.75) is 12.8 Å². The predicted molar refractivity (Wildman–Crippen MR) is 112 cm³/mol. The van der Waals surface area contributed by atoms with E-state index in [0.717, 1.165) is 16.5 Å². The number of benzene rings is 2. The molecular formula is C22H20FN5O2. The summed E-state index contributed by atoms with van der Waals surface area (Å²) in [4.78, 5) is 29.8.